The molecule has 0 aliphatic heterocycles. The van der Waals surface area contributed by atoms with Gasteiger partial charge in [-0.15, -0.1) is 0 Å². The molecule has 142 valence electrons. The number of hydrogen-bond donors (Lipinski definition) is 1. The summed E-state index contributed by atoms with van der Waals surface area (Å²) >= 11 is 1.19. The van der Waals surface area contributed by atoms with Gasteiger partial charge in [-0.3, -0.25) is 4.79 Å². The van der Waals surface area contributed by atoms with Gasteiger partial charge in [0.15, 0.2) is 5.58 Å². The Hall–Kier alpha value is -3.13. The lowest BCUT2D eigenvalue weighted by Crippen LogP contribution is -2.32. The number of carbonyl (C=O) groups excluding carboxylic acids is 1. The minimum absolute atomic E-state index is 0.0855. The van der Waals surface area contributed by atoms with Gasteiger partial charge in [-0.05, 0) is 18.2 Å². The van der Waals surface area contributed by atoms with Crippen molar-refractivity contribution >= 4 is 28.8 Å². The van der Waals surface area contributed by atoms with E-state index in [0.29, 0.717) is 22.2 Å². The summed E-state index contributed by atoms with van der Waals surface area (Å²) < 4.78 is 21.7. The molecule has 6 nitrogen and oxygen atoms in total. The van der Waals surface area contributed by atoms with Gasteiger partial charge < -0.3 is 14.3 Å². The average Bonchev–Trinajstić information content (AvgIpc) is 3.31. The van der Waals surface area contributed by atoms with Crippen molar-refractivity contribution < 1.29 is 13.6 Å². The molecule has 2 aromatic carbocycles. The van der Waals surface area contributed by atoms with E-state index in [9.17, 15) is 9.18 Å². The second-order valence-corrected chi connectivity index (χ2v) is 7.08. The smallest absolute Gasteiger partial charge is 0.257 e. The van der Waals surface area contributed by atoms with E-state index in [2.05, 4.69) is 15.3 Å². The van der Waals surface area contributed by atoms with Gasteiger partial charge in [0.2, 0.25) is 5.91 Å². The highest BCUT2D eigenvalue weighted by Gasteiger charge is 2.23. The van der Waals surface area contributed by atoms with Crippen LogP contribution in [-0.4, -0.2) is 26.2 Å². The van der Waals surface area contributed by atoms with Crippen LogP contribution in [0.1, 0.15) is 17.4 Å². The molecule has 0 radical (unpaired) electrons. The molecule has 0 fully saturated rings. The predicted molar refractivity (Wildman–Crippen MR) is 104 cm³/mol. The third-order valence-electron chi connectivity index (χ3n) is 4.24. The van der Waals surface area contributed by atoms with E-state index < -0.39 is 11.9 Å². The number of thioether (sulfide) groups is 1. The van der Waals surface area contributed by atoms with Gasteiger partial charge in [0.1, 0.15) is 23.2 Å². The van der Waals surface area contributed by atoms with Crippen LogP contribution >= 0.6 is 11.8 Å². The number of oxazole rings is 1. The van der Waals surface area contributed by atoms with E-state index in [1.165, 1.54) is 17.8 Å². The summed E-state index contributed by atoms with van der Waals surface area (Å²) in [6.07, 6.45) is 3.37. The molecule has 2 heterocycles. The van der Waals surface area contributed by atoms with Gasteiger partial charge in [0, 0.05) is 25.0 Å². The van der Waals surface area contributed by atoms with E-state index in [0.717, 1.165) is 5.52 Å². The van der Waals surface area contributed by atoms with Crippen molar-refractivity contribution in [2.45, 2.75) is 11.3 Å². The third kappa shape index (κ3) is 3.77. The van der Waals surface area contributed by atoms with Gasteiger partial charge in [0.25, 0.3) is 5.22 Å². The van der Waals surface area contributed by atoms with Gasteiger partial charge in [-0.25, -0.2) is 14.4 Å². The third-order valence-corrected chi connectivity index (χ3v) is 5.07. The van der Waals surface area contributed by atoms with Gasteiger partial charge in [-0.1, -0.05) is 42.1 Å². The summed E-state index contributed by atoms with van der Waals surface area (Å²) in [4.78, 5) is 21.2. The van der Waals surface area contributed by atoms with Crippen molar-refractivity contribution in [1.29, 1.82) is 0 Å². The highest BCUT2D eigenvalue weighted by atomic mass is 32.2. The SMILES string of the molecule is Cn1ccnc1C(NC(=O)CSc1nc2ccccc2o1)c1ccccc1F. The van der Waals surface area contributed by atoms with Gasteiger partial charge in [0.05, 0.1) is 5.75 Å². The molecule has 28 heavy (non-hydrogen) atoms. The Bertz CT molecular complexity index is 1090. The van der Waals surface area contributed by atoms with Crippen LogP contribution in [-0.2, 0) is 11.8 Å². The number of nitrogens with zero attached hydrogens (tertiary/aromatic N) is 3. The summed E-state index contributed by atoms with van der Waals surface area (Å²) in [5.74, 6) is -0.0430. The first-order valence-electron chi connectivity index (χ1n) is 8.61. The predicted octanol–water partition coefficient (Wildman–Crippen LogP) is 3.70. The number of imidazole rings is 1. The molecule has 4 aromatic rings. The van der Waals surface area contributed by atoms with E-state index in [1.807, 2.05) is 24.3 Å². The fraction of sp³-hybridized carbons (Fsp3) is 0.150. The zero-order valence-corrected chi connectivity index (χ0v) is 15.8. The molecule has 2 aromatic heterocycles. The Kier molecular flexibility index (Phi) is 5.12. The molecular formula is C20H17FN4O2S. The van der Waals surface area contributed by atoms with Crippen molar-refractivity contribution in [1.82, 2.24) is 19.9 Å². The molecule has 1 unspecified atom stereocenters. The summed E-state index contributed by atoms with van der Waals surface area (Å²) in [6.45, 7) is 0. The van der Waals surface area contributed by atoms with Crippen molar-refractivity contribution in [3.8, 4) is 0 Å². The molecule has 0 aliphatic rings. The number of carbonyl (C=O) groups is 1. The van der Waals surface area contributed by atoms with Crippen LogP contribution in [0, 0.1) is 5.82 Å². The highest BCUT2D eigenvalue weighted by Crippen LogP contribution is 2.25. The molecular weight excluding hydrogens is 379 g/mol. The number of rotatable bonds is 6. The number of para-hydroxylation sites is 2. The minimum atomic E-state index is -0.696. The Labute approximate surface area is 164 Å². The molecule has 4 rings (SSSR count). The number of benzene rings is 2. The lowest BCUT2D eigenvalue weighted by molar-refractivity contribution is -0.119. The number of aryl methyl sites for hydroxylation is 1. The molecule has 1 N–H and O–H groups in total. The van der Waals surface area contributed by atoms with E-state index in [4.69, 9.17) is 4.42 Å². The van der Waals surface area contributed by atoms with E-state index >= 15 is 0 Å². The van der Waals surface area contributed by atoms with Crippen LogP contribution in [0.25, 0.3) is 11.1 Å². The topological polar surface area (TPSA) is 73.0 Å². The van der Waals surface area contributed by atoms with Crippen LogP contribution in [0.15, 0.2) is 70.6 Å². The zero-order valence-electron chi connectivity index (χ0n) is 15.0. The molecule has 1 amide bonds. The standard InChI is InChI=1S/C20H17FN4O2S/c1-25-11-10-22-19(25)18(13-6-2-3-7-14(13)21)24-17(26)12-28-20-23-15-8-4-5-9-16(15)27-20/h2-11,18H,12H2,1H3,(H,24,26). The van der Waals surface area contributed by atoms with Crippen LogP contribution in [0.3, 0.4) is 0 Å². The second-order valence-electron chi connectivity index (χ2n) is 6.15. The number of fused-ring (bicyclic) bond motifs is 1. The first-order chi connectivity index (χ1) is 13.6. The van der Waals surface area contributed by atoms with Gasteiger partial charge >= 0.3 is 0 Å². The lowest BCUT2D eigenvalue weighted by atomic mass is 10.1. The summed E-state index contributed by atoms with van der Waals surface area (Å²) in [6, 6.07) is 13.1. The lowest BCUT2D eigenvalue weighted by Gasteiger charge is -2.19. The zero-order chi connectivity index (χ0) is 19.5. The average molecular weight is 396 g/mol. The molecule has 0 aliphatic carbocycles. The minimum Gasteiger partial charge on any atom is -0.431 e. The van der Waals surface area contributed by atoms with Crippen molar-refractivity contribution in [3.63, 3.8) is 0 Å². The first kappa shape index (κ1) is 18.2. The van der Waals surface area contributed by atoms with E-state index in [1.54, 1.807) is 42.2 Å². The quantitative estimate of drug-likeness (QED) is 0.503. The molecule has 0 bridgehead atoms. The van der Waals surface area contributed by atoms with Crippen molar-refractivity contribution in [2.24, 2.45) is 7.05 Å². The number of amides is 1. The molecule has 0 spiro atoms. The van der Waals surface area contributed by atoms with Crippen LogP contribution in [0.4, 0.5) is 4.39 Å². The molecule has 8 heteroatoms. The maximum atomic E-state index is 14.4. The van der Waals surface area contributed by atoms with Gasteiger partial charge in [-0.2, -0.15) is 0 Å². The first-order valence-corrected chi connectivity index (χ1v) is 9.60. The Morgan fingerprint density at radius 3 is 2.79 bits per heavy atom. The van der Waals surface area contributed by atoms with Crippen molar-refractivity contribution in [2.75, 3.05) is 5.75 Å². The maximum absolute atomic E-state index is 14.4. The number of nitrogens with one attached hydrogen (secondary N) is 1. The summed E-state index contributed by atoms with van der Waals surface area (Å²) in [5.41, 5.74) is 1.77. The fourth-order valence-electron chi connectivity index (χ4n) is 2.89. The largest absolute Gasteiger partial charge is 0.431 e. The summed E-state index contributed by atoms with van der Waals surface area (Å²) in [5, 5.41) is 3.28. The Balaban J connectivity index is 1.51. The van der Waals surface area contributed by atoms with E-state index in [-0.39, 0.29) is 11.7 Å². The Morgan fingerprint density at radius 1 is 1.25 bits per heavy atom. The fourth-order valence-corrected chi connectivity index (χ4v) is 3.54. The molecule has 1 atom stereocenters. The van der Waals surface area contributed by atoms with Crippen molar-refractivity contribution in [3.05, 3.63) is 78.1 Å². The van der Waals surface area contributed by atoms with Crippen LogP contribution in [0.2, 0.25) is 0 Å². The monoisotopic (exact) mass is 396 g/mol. The normalized spacial score (nSPS) is 12.2. The number of aromatic nitrogens is 3. The van der Waals surface area contributed by atoms with Crippen LogP contribution in [0.5, 0.6) is 0 Å². The molecule has 0 saturated carbocycles. The van der Waals surface area contributed by atoms with Crippen LogP contribution < -0.4 is 5.32 Å². The maximum Gasteiger partial charge on any atom is 0.257 e. The highest BCUT2D eigenvalue weighted by molar-refractivity contribution is 7.99. The Morgan fingerprint density at radius 2 is 2.04 bits per heavy atom. The number of halogens is 1. The number of hydrogen-bond acceptors (Lipinski definition) is 5. The molecule has 0 saturated heterocycles. The second kappa shape index (κ2) is 7.85. The summed E-state index contributed by atoms with van der Waals surface area (Å²) in [7, 11) is 1.80.